The smallest absolute Gasteiger partial charge is 0.126 e. The Hall–Kier alpha value is -1.35. The molecule has 1 N–H and O–H groups in total. The molecule has 1 aliphatic rings. The van der Waals surface area contributed by atoms with Gasteiger partial charge in [-0.3, -0.25) is 0 Å². The van der Waals surface area contributed by atoms with Crippen LogP contribution < -0.4 is 5.32 Å². The van der Waals surface area contributed by atoms with Gasteiger partial charge in [-0.1, -0.05) is 0 Å². The molecule has 0 aliphatic carbocycles. The molecular formula is C13H15FN2. The second-order valence-corrected chi connectivity index (χ2v) is 4.65. The number of nitrogens with zero attached hydrogens (tertiary/aromatic N) is 1. The van der Waals surface area contributed by atoms with Gasteiger partial charge in [-0.2, -0.15) is 0 Å². The fraction of sp³-hybridized carbons (Fsp3) is 0.385. The molecule has 0 bridgehead atoms. The zero-order valence-corrected chi connectivity index (χ0v) is 9.55. The van der Waals surface area contributed by atoms with Gasteiger partial charge in [0.1, 0.15) is 5.82 Å². The van der Waals surface area contributed by atoms with Crippen molar-refractivity contribution in [1.82, 2.24) is 9.88 Å². The summed E-state index contributed by atoms with van der Waals surface area (Å²) in [5, 5.41) is 4.37. The molecule has 1 unspecified atom stereocenters. The minimum absolute atomic E-state index is 0.115. The van der Waals surface area contributed by atoms with E-state index in [0.29, 0.717) is 6.04 Å². The number of rotatable bonds is 0. The Bertz CT molecular complexity index is 557. The van der Waals surface area contributed by atoms with E-state index in [1.807, 2.05) is 13.0 Å². The molecule has 84 valence electrons. The molecule has 1 aliphatic heterocycles. The van der Waals surface area contributed by atoms with Crippen molar-refractivity contribution in [3.63, 3.8) is 0 Å². The maximum Gasteiger partial charge on any atom is 0.126 e. The summed E-state index contributed by atoms with van der Waals surface area (Å²) in [5.74, 6) is -0.115. The lowest BCUT2D eigenvalue weighted by Crippen LogP contribution is -2.30. The fourth-order valence-corrected chi connectivity index (χ4v) is 2.57. The third-order valence-electron chi connectivity index (χ3n) is 3.39. The molecule has 0 saturated carbocycles. The average molecular weight is 218 g/mol. The average Bonchev–Trinajstić information content (AvgIpc) is 2.58. The summed E-state index contributed by atoms with van der Waals surface area (Å²) in [6.45, 7) is 5.86. The Labute approximate surface area is 94.1 Å². The van der Waals surface area contributed by atoms with Gasteiger partial charge in [-0.05, 0) is 37.6 Å². The van der Waals surface area contributed by atoms with Gasteiger partial charge in [-0.25, -0.2) is 4.39 Å². The van der Waals surface area contributed by atoms with Crippen LogP contribution in [-0.2, 0) is 6.54 Å². The highest BCUT2D eigenvalue weighted by molar-refractivity contribution is 5.82. The lowest BCUT2D eigenvalue weighted by Gasteiger charge is -2.24. The molecule has 0 radical (unpaired) electrons. The van der Waals surface area contributed by atoms with Crippen molar-refractivity contribution in [2.75, 3.05) is 6.54 Å². The standard InChI is InChI=1S/C13H15FN2/c1-8-3-13-10(5-12(8)14)4-11-7-15-6-9(2)16(11)13/h3-5,9,15H,6-7H2,1-2H3. The summed E-state index contributed by atoms with van der Waals surface area (Å²) in [7, 11) is 0. The Morgan fingerprint density at radius 1 is 1.38 bits per heavy atom. The van der Waals surface area contributed by atoms with E-state index in [2.05, 4.69) is 22.9 Å². The van der Waals surface area contributed by atoms with Crippen LogP contribution >= 0.6 is 0 Å². The van der Waals surface area contributed by atoms with Crippen LogP contribution in [0.5, 0.6) is 0 Å². The van der Waals surface area contributed by atoms with Gasteiger partial charge in [0.05, 0.1) is 0 Å². The van der Waals surface area contributed by atoms with Crippen LogP contribution in [-0.4, -0.2) is 11.1 Å². The molecule has 3 heteroatoms. The molecular weight excluding hydrogens is 203 g/mol. The molecule has 2 heterocycles. The second-order valence-electron chi connectivity index (χ2n) is 4.65. The summed E-state index contributed by atoms with van der Waals surface area (Å²) in [6, 6.07) is 6.12. The van der Waals surface area contributed by atoms with Crippen LogP contribution in [0, 0.1) is 12.7 Å². The molecule has 0 spiro atoms. The topological polar surface area (TPSA) is 17.0 Å². The highest BCUT2D eigenvalue weighted by Gasteiger charge is 2.18. The zero-order valence-electron chi connectivity index (χ0n) is 9.55. The number of nitrogens with one attached hydrogen (secondary N) is 1. The van der Waals surface area contributed by atoms with Crippen LogP contribution in [0.3, 0.4) is 0 Å². The van der Waals surface area contributed by atoms with Crippen molar-refractivity contribution >= 4 is 10.9 Å². The molecule has 1 aromatic carbocycles. The minimum atomic E-state index is -0.115. The maximum absolute atomic E-state index is 13.5. The van der Waals surface area contributed by atoms with E-state index in [-0.39, 0.29) is 5.82 Å². The molecule has 2 aromatic rings. The van der Waals surface area contributed by atoms with Crippen molar-refractivity contribution < 1.29 is 4.39 Å². The summed E-state index contributed by atoms with van der Waals surface area (Å²) in [6.07, 6.45) is 0. The van der Waals surface area contributed by atoms with Gasteiger partial charge < -0.3 is 9.88 Å². The summed E-state index contributed by atoms with van der Waals surface area (Å²) < 4.78 is 15.8. The first-order chi connectivity index (χ1) is 7.66. The molecule has 0 amide bonds. The zero-order chi connectivity index (χ0) is 11.3. The van der Waals surface area contributed by atoms with Crippen LogP contribution in [0.4, 0.5) is 4.39 Å². The van der Waals surface area contributed by atoms with E-state index in [1.54, 1.807) is 6.07 Å². The van der Waals surface area contributed by atoms with Crippen molar-refractivity contribution in [3.05, 3.63) is 35.3 Å². The van der Waals surface area contributed by atoms with Crippen molar-refractivity contribution in [2.45, 2.75) is 26.4 Å². The van der Waals surface area contributed by atoms with E-state index >= 15 is 0 Å². The molecule has 3 rings (SSSR count). The lowest BCUT2D eigenvalue weighted by atomic mass is 10.1. The van der Waals surface area contributed by atoms with Crippen LogP contribution in [0.1, 0.15) is 24.2 Å². The van der Waals surface area contributed by atoms with Gasteiger partial charge in [0.15, 0.2) is 0 Å². The Balaban J connectivity index is 2.34. The third kappa shape index (κ3) is 1.28. The minimum Gasteiger partial charge on any atom is -0.339 e. The first-order valence-corrected chi connectivity index (χ1v) is 5.67. The third-order valence-corrected chi connectivity index (χ3v) is 3.39. The SMILES string of the molecule is Cc1cc2c(cc1F)cc1n2C(C)CNC1. The maximum atomic E-state index is 13.5. The molecule has 1 atom stereocenters. The monoisotopic (exact) mass is 218 g/mol. The molecule has 1 aromatic heterocycles. The number of hydrogen-bond acceptors (Lipinski definition) is 1. The predicted molar refractivity (Wildman–Crippen MR) is 63.1 cm³/mol. The molecule has 0 fully saturated rings. The highest BCUT2D eigenvalue weighted by atomic mass is 19.1. The Morgan fingerprint density at radius 2 is 2.19 bits per heavy atom. The molecule has 2 nitrogen and oxygen atoms in total. The van der Waals surface area contributed by atoms with E-state index in [0.717, 1.165) is 29.6 Å². The summed E-state index contributed by atoms with van der Waals surface area (Å²) >= 11 is 0. The summed E-state index contributed by atoms with van der Waals surface area (Å²) in [4.78, 5) is 0. The van der Waals surface area contributed by atoms with Gasteiger partial charge in [0.25, 0.3) is 0 Å². The normalized spacial score (nSPS) is 20.1. The van der Waals surface area contributed by atoms with Gasteiger partial charge in [0.2, 0.25) is 0 Å². The van der Waals surface area contributed by atoms with Crippen LogP contribution in [0.25, 0.3) is 10.9 Å². The Morgan fingerprint density at radius 3 is 3.00 bits per heavy atom. The first kappa shape index (κ1) is 9.85. The van der Waals surface area contributed by atoms with E-state index < -0.39 is 0 Å². The highest BCUT2D eigenvalue weighted by Crippen LogP contribution is 2.28. The first-order valence-electron chi connectivity index (χ1n) is 5.67. The largest absolute Gasteiger partial charge is 0.339 e. The quantitative estimate of drug-likeness (QED) is 0.719. The predicted octanol–water partition coefficient (Wildman–Crippen LogP) is 2.75. The number of hydrogen-bond donors (Lipinski definition) is 1. The second kappa shape index (κ2) is 3.32. The Kier molecular flexibility index (Phi) is 2.04. The van der Waals surface area contributed by atoms with Crippen molar-refractivity contribution in [2.24, 2.45) is 0 Å². The number of aryl methyl sites for hydroxylation is 1. The number of benzene rings is 1. The fourth-order valence-electron chi connectivity index (χ4n) is 2.57. The summed E-state index contributed by atoms with van der Waals surface area (Å²) in [5.41, 5.74) is 3.13. The number of aromatic nitrogens is 1. The van der Waals surface area contributed by atoms with Gasteiger partial charge in [-0.15, -0.1) is 0 Å². The van der Waals surface area contributed by atoms with E-state index in [1.165, 1.54) is 5.69 Å². The van der Waals surface area contributed by atoms with Crippen LogP contribution in [0.2, 0.25) is 0 Å². The van der Waals surface area contributed by atoms with E-state index in [4.69, 9.17) is 0 Å². The van der Waals surface area contributed by atoms with Crippen molar-refractivity contribution in [1.29, 1.82) is 0 Å². The lowest BCUT2D eigenvalue weighted by molar-refractivity contribution is 0.439. The van der Waals surface area contributed by atoms with Gasteiger partial charge in [0, 0.05) is 35.7 Å². The van der Waals surface area contributed by atoms with E-state index in [9.17, 15) is 4.39 Å². The number of halogens is 1. The van der Waals surface area contributed by atoms with Crippen LogP contribution in [0.15, 0.2) is 18.2 Å². The number of fused-ring (bicyclic) bond motifs is 3. The van der Waals surface area contributed by atoms with Gasteiger partial charge >= 0.3 is 0 Å². The molecule has 0 saturated heterocycles. The molecule has 16 heavy (non-hydrogen) atoms. The van der Waals surface area contributed by atoms with Crippen molar-refractivity contribution in [3.8, 4) is 0 Å².